The maximum Gasteiger partial charge on any atom is 0.293 e. The van der Waals surface area contributed by atoms with Gasteiger partial charge in [-0.1, -0.05) is 22.9 Å². The number of nitrogens with zero attached hydrogens (tertiary/aromatic N) is 1. The minimum Gasteiger partial charge on any atom is -0.456 e. The molecule has 0 fully saturated rings. The molecule has 0 atom stereocenters. The lowest BCUT2D eigenvalue weighted by Gasteiger charge is -2.18. The molecule has 6 heteroatoms. The van der Waals surface area contributed by atoms with Gasteiger partial charge in [-0.25, -0.2) is 4.98 Å². The highest BCUT2D eigenvalue weighted by Crippen LogP contribution is 2.28. The molecule has 1 N–H and O–H groups in total. The van der Waals surface area contributed by atoms with Crippen molar-refractivity contribution in [2.45, 2.75) is 41.0 Å². The third kappa shape index (κ3) is 3.55. The van der Waals surface area contributed by atoms with Crippen molar-refractivity contribution in [1.82, 2.24) is 4.98 Å². The Morgan fingerprint density at radius 3 is 2.27 bits per heavy atom. The summed E-state index contributed by atoms with van der Waals surface area (Å²) in [5.74, 6) is 0.704. The predicted octanol–water partition coefficient (Wildman–Crippen LogP) is 5.77. The van der Waals surface area contributed by atoms with E-state index < -0.39 is 0 Å². The van der Waals surface area contributed by atoms with Crippen molar-refractivity contribution < 1.29 is 9.21 Å². The molecule has 0 saturated carbocycles. The molecule has 0 spiro atoms. The van der Waals surface area contributed by atoms with Gasteiger partial charge in [0.25, 0.3) is 5.91 Å². The summed E-state index contributed by atoms with van der Waals surface area (Å²) in [5.41, 5.74) is 7.79. The summed E-state index contributed by atoms with van der Waals surface area (Å²) >= 11 is 7.04. The molecule has 0 radical (unpaired) electrons. The van der Waals surface area contributed by atoms with Crippen molar-refractivity contribution in [2.24, 2.45) is 0 Å². The number of carbonyl (C=O) groups is 1. The molecule has 4 nitrogen and oxygen atoms in total. The normalized spacial score (nSPS) is 11.0. The first-order chi connectivity index (χ1) is 12.3. The van der Waals surface area contributed by atoms with Gasteiger partial charge in [-0.15, -0.1) is 0 Å². The second kappa shape index (κ2) is 7.25. The Kier molecular flexibility index (Phi) is 5.21. The summed E-state index contributed by atoms with van der Waals surface area (Å²) in [7, 11) is 0. The van der Waals surface area contributed by atoms with Crippen molar-refractivity contribution in [3.8, 4) is 0 Å². The van der Waals surface area contributed by atoms with Crippen LogP contribution in [-0.4, -0.2) is 10.9 Å². The molecule has 2 aromatic heterocycles. The largest absolute Gasteiger partial charge is 0.456 e. The lowest BCUT2D eigenvalue weighted by atomic mass is 9.88. The van der Waals surface area contributed by atoms with Gasteiger partial charge in [0.05, 0.1) is 6.20 Å². The Labute approximate surface area is 162 Å². The number of hydrogen-bond donors (Lipinski definition) is 1. The number of aromatic nitrogens is 1. The minimum absolute atomic E-state index is 0.266. The van der Waals surface area contributed by atoms with Crippen LogP contribution in [-0.2, 0) is 6.42 Å². The summed E-state index contributed by atoms with van der Waals surface area (Å²) in [5, 5.41) is 3.15. The van der Waals surface area contributed by atoms with Gasteiger partial charge < -0.3 is 4.42 Å². The Balaban J connectivity index is 1.82. The molecule has 0 aliphatic carbocycles. The number of furan rings is 1. The fourth-order valence-corrected chi connectivity index (χ4v) is 3.89. The van der Waals surface area contributed by atoms with Gasteiger partial charge >= 0.3 is 0 Å². The lowest BCUT2D eigenvalue weighted by Crippen LogP contribution is -2.10. The molecular formula is C20H21ClN2O2S. The molecule has 0 aliphatic heterocycles. The standard InChI is InChI=1S/C20H21ClN2O2S/c1-10-11(2)13(4)16(14(5)12(10)3)8-15-6-7-17(25-15)19(24)23-20-22-9-18(21)26-20/h6-7,9H,8H2,1-5H3,(H,22,23,24). The van der Waals surface area contributed by atoms with Crippen LogP contribution in [0.3, 0.4) is 0 Å². The average Bonchev–Trinajstić information content (AvgIpc) is 3.24. The lowest BCUT2D eigenvalue weighted by molar-refractivity contribution is 0.0995. The van der Waals surface area contributed by atoms with E-state index in [1.807, 2.05) is 6.07 Å². The van der Waals surface area contributed by atoms with Gasteiger partial charge in [0.2, 0.25) is 0 Å². The van der Waals surface area contributed by atoms with E-state index in [4.69, 9.17) is 16.0 Å². The number of carbonyl (C=O) groups excluding carboxylic acids is 1. The molecule has 3 rings (SSSR count). The molecule has 136 valence electrons. The topological polar surface area (TPSA) is 55.1 Å². The van der Waals surface area contributed by atoms with E-state index in [-0.39, 0.29) is 11.7 Å². The number of hydrogen-bond acceptors (Lipinski definition) is 4. The molecule has 0 bridgehead atoms. The fraction of sp³-hybridized carbons (Fsp3) is 0.300. The molecule has 0 saturated heterocycles. The SMILES string of the molecule is Cc1c(C)c(C)c(Cc2ccc(C(=O)Nc3ncc(Cl)s3)o2)c(C)c1C. The molecule has 1 aromatic carbocycles. The van der Waals surface area contributed by atoms with Gasteiger partial charge in [0.15, 0.2) is 10.9 Å². The van der Waals surface area contributed by atoms with E-state index in [0.29, 0.717) is 15.9 Å². The maximum absolute atomic E-state index is 12.3. The minimum atomic E-state index is -0.327. The number of amides is 1. The van der Waals surface area contributed by atoms with Gasteiger partial charge in [0.1, 0.15) is 10.1 Å². The molecule has 0 unspecified atom stereocenters. The summed E-state index contributed by atoms with van der Waals surface area (Å²) in [6.07, 6.45) is 2.17. The molecule has 3 aromatic rings. The zero-order valence-electron chi connectivity index (χ0n) is 15.5. The zero-order valence-corrected chi connectivity index (χ0v) is 17.1. The van der Waals surface area contributed by atoms with Crippen molar-refractivity contribution in [1.29, 1.82) is 0 Å². The molecule has 0 aliphatic rings. The summed E-state index contributed by atoms with van der Waals surface area (Å²) < 4.78 is 6.30. The van der Waals surface area contributed by atoms with Gasteiger partial charge in [0, 0.05) is 6.42 Å². The average molecular weight is 389 g/mol. The quantitative estimate of drug-likeness (QED) is 0.616. The number of anilines is 1. The van der Waals surface area contributed by atoms with Crippen LogP contribution in [0.25, 0.3) is 0 Å². The van der Waals surface area contributed by atoms with Crippen LogP contribution in [0.4, 0.5) is 5.13 Å². The van der Waals surface area contributed by atoms with Crippen molar-refractivity contribution >= 4 is 34.0 Å². The molecular weight excluding hydrogens is 368 g/mol. The number of rotatable bonds is 4. The van der Waals surface area contributed by atoms with Crippen LogP contribution < -0.4 is 5.32 Å². The fourth-order valence-electron chi connectivity index (χ4n) is 3.08. The first kappa shape index (κ1) is 18.7. The summed E-state index contributed by atoms with van der Waals surface area (Å²) in [4.78, 5) is 16.3. The van der Waals surface area contributed by atoms with E-state index in [0.717, 1.165) is 5.76 Å². The second-order valence-corrected chi connectivity index (χ2v) is 8.13. The summed E-state index contributed by atoms with van der Waals surface area (Å²) in [6, 6.07) is 3.55. The monoisotopic (exact) mass is 388 g/mol. The highest BCUT2D eigenvalue weighted by Gasteiger charge is 2.17. The molecule has 26 heavy (non-hydrogen) atoms. The Morgan fingerprint density at radius 2 is 1.69 bits per heavy atom. The van der Waals surface area contributed by atoms with Crippen LogP contribution in [0.2, 0.25) is 4.34 Å². The number of thiazole rings is 1. The third-order valence-corrected chi connectivity index (χ3v) is 6.12. The Morgan fingerprint density at radius 1 is 1.08 bits per heavy atom. The molecule has 1 amide bonds. The van der Waals surface area contributed by atoms with E-state index >= 15 is 0 Å². The van der Waals surface area contributed by atoms with Crippen LogP contribution in [0, 0.1) is 34.6 Å². The predicted molar refractivity (Wildman–Crippen MR) is 107 cm³/mol. The van der Waals surface area contributed by atoms with Crippen molar-refractivity contribution in [3.63, 3.8) is 0 Å². The van der Waals surface area contributed by atoms with E-state index in [9.17, 15) is 4.79 Å². The van der Waals surface area contributed by atoms with E-state index in [1.54, 1.807) is 6.07 Å². The van der Waals surface area contributed by atoms with Gasteiger partial charge in [-0.2, -0.15) is 0 Å². The van der Waals surface area contributed by atoms with Gasteiger partial charge in [-0.05, 0) is 80.1 Å². The molecule has 2 heterocycles. The highest BCUT2D eigenvalue weighted by molar-refractivity contribution is 7.19. The van der Waals surface area contributed by atoms with Gasteiger partial charge in [-0.3, -0.25) is 10.1 Å². The van der Waals surface area contributed by atoms with Crippen molar-refractivity contribution in [3.05, 3.63) is 67.6 Å². The van der Waals surface area contributed by atoms with Crippen molar-refractivity contribution in [2.75, 3.05) is 5.32 Å². The number of benzene rings is 1. The van der Waals surface area contributed by atoms with Crippen LogP contribution in [0.5, 0.6) is 0 Å². The first-order valence-electron chi connectivity index (χ1n) is 8.35. The van der Waals surface area contributed by atoms with Crippen LogP contribution in [0.1, 0.15) is 49.7 Å². The maximum atomic E-state index is 12.3. The van der Waals surface area contributed by atoms with E-state index in [1.165, 1.54) is 50.9 Å². The number of nitrogens with one attached hydrogen (secondary N) is 1. The Bertz CT molecular complexity index is 959. The second-order valence-electron chi connectivity index (χ2n) is 6.47. The first-order valence-corrected chi connectivity index (χ1v) is 9.54. The Hall–Kier alpha value is -2.11. The van der Waals surface area contributed by atoms with Crippen LogP contribution in [0.15, 0.2) is 22.7 Å². The summed E-state index contributed by atoms with van der Waals surface area (Å²) in [6.45, 7) is 10.8. The number of halogens is 1. The highest BCUT2D eigenvalue weighted by atomic mass is 35.5. The van der Waals surface area contributed by atoms with E-state index in [2.05, 4.69) is 44.9 Å². The van der Waals surface area contributed by atoms with Crippen LogP contribution >= 0.6 is 22.9 Å². The zero-order chi connectivity index (χ0) is 19.0. The third-order valence-electron chi connectivity index (χ3n) is 5.09. The smallest absolute Gasteiger partial charge is 0.293 e.